The lowest BCUT2D eigenvalue weighted by molar-refractivity contribution is -0.117. The second-order valence-corrected chi connectivity index (χ2v) is 6.16. The van der Waals surface area contributed by atoms with Crippen molar-refractivity contribution in [1.82, 2.24) is 5.32 Å². The van der Waals surface area contributed by atoms with Gasteiger partial charge in [-0.25, -0.2) is 9.69 Å². The SMILES string of the molecule is CCCOc1ccccc1C(=O)Nc1ccccc1N1C(=O)NC(C)C1=O. The summed E-state index contributed by atoms with van der Waals surface area (Å²) in [5.41, 5.74) is 1.07. The van der Waals surface area contributed by atoms with E-state index in [-0.39, 0.29) is 11.8 Å². The minimum absolute atomic E-state index is 0.324. The van der Waals surface area contributed by atoms with Gasteiger partial charge >= 0.3 is 6.03 Å². The molecule has 1 saturated heterocycles. The van der Waals surface area contributed by atoms with Crippen molar-refractivity contribution in [3.05, 3.63) is 54.1 Å². The Morgan fingerprint density at radius 1 is 1.15 bits per heavy atom. The van der Waals surface area contributed by atoms with Crippen LogP contribution in [0.25, 0.3) is 0 Å². The number of benzene rings is 2. The summed E-state index contributed by atoms with van der Waals surface area (Å²) in [6.07, 6.45) is 0.823. The first-order valence-electron chi connectivity index (χ1n) is 8.79. The highest BCUT2D eigenvalue weighted by Gasteiger charge is 2.37. The molecule has 1 unspecified atom stereocenters. The van der Waals surface area contributed by atoms with Gasteiger partial charge in [0.2, 0.25) is 0 Å². The van der Waals surface area contributed by atoms with E-state index in [1.807, 2.05) is 6.92 Å². The maximum absolute atomic E-state index is 12.8. The van der Waals surface area contributed by atoms with Gasteiger partial charge in [-0.1, -0.05) is 31.2 Å². The minimum atomic E-state index is -0.607. The van der Waals surface area contributed by atoms with Crippen molar-refractivity contribution in [2.45, 2.75) is 26.3 Å². The van der Waals surface area contributed by atoms with E-state index in [0.29, 0.717) is 29.3 Å². The van der Waals surface area contributed by atoms with Crippen molar-refractivity contribution in [2.24, 2.45) is 0 Å². The number of hydrogen-bond donors (Lipinski definition) is 2. The predicted molar refractivity (Wildman–Crippen MR) is 102 cm³/mol. The number of nitrogens with one attached hydrogen (secondary N) is 2. The highest BCUT2D eigenvalue weighted by molar-refractivity contribution is 6.23. The molecule has 2 aromatic rings. The largest absolute Gasteiger partial charge is 0.493 e. The molecule has 1 aliphatic heterocycles. The number of carbonyl (C=O) groups excluding carboxylic acids is 3. The lowest BCUT2D eigenvalue weighted by Gasteiger charge is -2.18. The van der Waals surface area contributed by atoms with Gasteiger partial charge in [-0.15, -0.1) is 0 Å². The Hall–Kier alpha value is -3.35. The molecule has 0 spiro atoms. The molecule has 1 fully saturated rings. The van der Waals surface area contributed by atoms with Crippen LogP contribution in [-0.2, 0) is 4.79 Å². The summed E-state index contributed by atoms with van der Waals surface area (Å²) in [7, 11) is 0. The fraction of sp³-hybridized carbons (Fsp3) is 0.250. The average Bonchev–Trinajstić information content (AvgIpc) is 2.92. The molecule has 0 saturated carbocycles. The third kappa shape index (κ3) is 3.76. The standard InChI is InChI=1S/C20H21N3O4/c1-3-12-27-17-11-7-4-8-14(17)18(24)22-15-9-5-6-10-16(15)23-19(25)13(2)21-20(23)26/h4-11,13H,3,12H2,1-2H3,(H,21,26)(H,22,24). The van der Waals surface area contributed by atoms with Crippen molar-refractivity contribution in [1.29, 1.82) is 0 Å². The Labute approximate surface area is 157 Å². The molecule has 7 nitrogen and oxygen atoms in total. The van der Waals surface area contributed by atoms with Crippen molar-refractivity contribution >= 4 is 29.2 Å². The molecule has 2 aromatic carbocycles. The minimum Gasteiger partial charge on any atom is -0.493 e. The molecule has 0 radical (unpaired) electrons. The fourth-order valence-electron chi connectivity index (χ4n) is 2.79. The van der Waals surface area contributed by atoms with Crippen LogP contribution in [0.5, 0.6) is 5.75 Å². The second kappa shape index (κ2) is 7.90. The van der Waals surface area contributed by atoms with Crippen LogP contribution < -0.4 is 20.3 Å². The van der Waals surface area contributed by atoms with Gasteiger partial charge in [-0.3, -0.25) is 9.59 Å². The zero-order chi connectivity index (χ0) is 19.4. The van der Waals surface area contributed by atoms with E-state index in [0.717, 1.165) is 11.3 Å². The summed E-state index contributed by atoms with van der Waals surface area (Å²) in [4.78, 5) is 38.3. The number of anilines is 2. The quantitative estimate of drug-likeness (QED) is 0.768. The predicted octanol–water partition coefficient (Wildman–Crippen LogP) is 3.17. The van der Waals surface area contributed by atoms with Crippen LogP contribution in [0.1, 0.15) is 30.6 Å². The molecular formula is C20H21N3O4. The number of ether oxygens (including phenoxy) is 1. The maximum Gasteiger partial charge on any atom is 0.329 e. The number of urea groups is 1. The Balaban J connectivity index is 1.88. The first-order valence-corrected chi connectivity index (χ1v) is 8.79. The van der Waals surface area contributed by atoms with Crippen molar-refractivity contribution in [2.75, 3.05) is 16.8 Å². The summed E-state index contributed by atoms with van der Waals surface area (Å²) in [6.45, 7) is 4.10. The van der Waals surface area contributed by atoms with E-state index in [2.05, 4.69) is 10.6 Å². The van der Waals surface area contributed by atoms with Gasteiger partial charge in [0, 0.05) is 0 Å². The van der Waals surface area contributed by atoms with Gasteiger partial charge in [0.25, 0.3) is 11.8 Å². The molecule has 0 aromatic heterocycles. The van der Waals surface area contributed by atoms with Crippen molar-refractivity contribution in [3.8, 4) is 5.75 Å². The highest BCUT2D eigenvalue weighted by atomic mass is 16.5. The Kier molecular flexibility index (Phi) is 5.40. The van der Waals surface area contributed by atoms with Crippen LogP contribution in [0.3, 0.4) is 0 Å². The Morgan fingerprint density at radius 3 is 2.56 bits per heavy atom. The monoisotopic (exact) mass is 367 g/mol. The summed E-state index contributed by atoms with van der Waals surface area (Å²) in [5.74, 6) is -0.263. The van der Waals surface area contributed by atoms with Gasteiger partial charge in [0.05, 0.1) is 23.5 Å². The van der Waals surface area contributed by atoms with Gasteiger partial charge in [-0.2, -0.15) is 0 Å². The zero-order valence-electron chi connectivity index (χ0n) is 15.2. The molecule has 2 N–H and O–H groups in total. The van der Waals surface area contributed by atoms with Crippen molar-refractivity contribution < 1.29 is 19.1 Å². The topological polar surface area (TPSA) is 87.7 Å². The third-order valence-electron chi connectivity index (χ3n) is 4.12. The van der Waals surface area contributed by atoms with Gasteiger partial charge in [-0.05, 0) is 37.6 Å². The Morgan fingerprint density at radius 2 is 1.85 bits per heavy atom. The van der Waals surface area contributed by atoms with Crippen LogP contribution in [0, 0.1) is 0 Å². The highest BCUT2D eigenvalue weighted by Crippen LogP contribution is 2.29. The van der Waals surface area contributed by atoms with E-state index in [9.17, 15) is 14.4 Å². The third-order valence-corrected chi connectivity index (χ3v) is 4.12. The molecule has 27 heavy (non-hydrogen) atoms. The molecule has 1 atom stereocenters. The molecule has 4 amide bonds. The lowest BCUT2D eigenvalue weighted by Crippen LogP contribution is -2.32. The molecular weight excluding hydrogens is 346 g/mol. The number of para-hydroxylation sites is 3. The van der Waals surface area contributed by atoms with Crippen LogP contribution in [0.4, 0.5) is 16.2 Å². The molecule has 3 rings (SSSR count). The smallest absolute Gasteiger partial charge is 0.329 e. The number of imide groups is 1. The maximum atomic E-state index is 12.8. The van der Waals surface area contributed by atoms with Gasteiger partial charge < -0.3 is 15.4 Å². The van der Waals surface area contributed by atoms with E-state index < -0.39 is 12.1 Å². The van der Waals surface area contributed by atoms with E-state index in [1.165, 1.54) is 0 Å². The molecule has 7 heteroatoms. The summed E-state index contributed by atoms with van der Waals surface area (Å²) >= 11 is 0. The molecule has 0 bridgehead atoms. The number of rotatable bonds is 6. The van der Waals surface area contributed by atoms with Gasteiger partial charge in [0.15, 0.2) is 0 Å². The molecule has 1 aliphatic rings. The van der Waals surface area contributed by atoms with Crippen LogP contribution >= 0.6 is 0 Å². The summed E-state index contributed by atoms with van der Waals surface area (Å²) < 4.78 is 5.63. The molecule has 1 heterocycles. The van der Waals surface area contributed by atoms with Crippen LogP contribution in [0.2, 0.25) is 0 Å². The lowest BCUT2D eigenvalue weighted by atomic mass is 10.1. The molecule has 140 valence electrons. The second-order valence-electron chi connectivity index (χ2n) is 6.16. The van der Waals surface area contributed by atoms with E-state index >= 15 is 0 Å². The summed E-state index contributed by atoms with van der Waals surface area (Å²) in [5, 5.41) is 5.35. The molecule has 0 aliphatic carbocycles. The summed E-state index contributed by atoms with van der Waals surface area (Å²) in [6, 6.07) is 12.5. The fourth-order valence-corrected chi connectivity index (χ4v) is 2.79. The normalized spacial score (nSPS) is 16.2. The number of nitrogens with zero attached hydrogens (tertiary/aromatic N) is 1. The van der Waals surface area contributed by atoms with E-state index in [1.54, 1.807) is 55.5 Å². The first-order chi connectivity index (χ1) is 13.0. The Bertz CT molecular complexity index is 881. The van der Waals surface area contributed by atoms with Crippen LogP contribution in [0.15, 0.2) is 48.5 Å². The van der Waals surface area contributed by atoms with Gasteiger partial charge in [0.1, 0.15) is 11.8 Å². The van der Waals surface area contributed by atoms with Crippen LogP contribution in [-0.4, -0.2) is 30.5 Å². The van der Waals surface area contributed by atoms with E-state index in [4.69, 9.17) is 4.74 Å². The number of hydrogen-bond acceptors (Lipinski definition) is 4. The average molecular weight is 367 g/mol. The number of amides is 4. The first kappa shape index (κ1) is 18.4. The van der Waals surface area contributed by atoms with Crippen molar-refractivity contribution in [3.63, 3.8) is 0 Å². The zero-order valence-corrected chi connectivity index (χ0v) is 15.2. The number of carbonyl (C=O) groups is 3.